The lowest BCUT2D eigenvalue weighted by molar-refractivity contribution is 0.416. The smallest absolute Gasteiger partial charge is 0.130 e. The van der Waals surface area contributed by atoms with Crippen LogP contribution in [-0.2, 0) is 0 Å². The fourth-order valence-electron chi connectivity index (χ4n) is 3.24. The minimum atomic E-state index is -0.270. The number of benzene rings is 1. The summed E-state index contributed by atoms with van der Waals surface area (Å²) in [5.41, 5.74) is 7.62. The number of hydrogen-bond acceptors (Lipinski definition) is 2. The van der Waals surface area contributed by atoms with E-state index in [9.17, 15) is 4.39 Å². The van der Waals surface area contributed by atoms with Crippen LogP contribution in [-0.4, -0.2) is 12.6 Å². The third-order valence-electron chi connectivity index (χ3n) is 4.15. The Hall–Kier alpha value is -1.09. The Morgan fingerprint density at radius 2 is 2.00 bits per heavy atom. The van der Waals surface area contributed by atoms with Crippen molar-refractivity contribution >= 4 is 5.69 Å². The molecule has 0 amide bonds. The highest BCUT2D eigenvalue weighted by molar-refractivity contribution is 5.56. The maximum atomic E-state index is 14.1. The van der Waals surface area contributed by atoms with E-state index in [-0.39, 0.29) is 11.9 Å². The van der Waals surface area contributed by atoms with Crippen molar-refractivity contribution in [3.63, 3.8) is 0 Å². The van der Waals surface area contributed by atoms with Crippen LogP contribution in [0.1, 0.15) is 57.6 Å². The van der Waals surface area contributed by atoms with Crippen molar-refractivity contribution in [3.8, 4) is 0 Å². The topological polar surface area (TPSA) is 29.3 Å². The van der Waals surface area contributed by atoms with E-state index in [1.807, 2.05) is 13.0 Å². The van der Waals surface area contributed by atoms with Gasteiger partial charge in [0.1, 0.15) is 5.82 Å². The van der Waals surface area contributed by atoms with Crippen LogP contribution in [0.3, 0.4) is 0 Å². The van der Waals surface area contributed by atoms with Crippen molar-refractivity contribution in [1.29, 1.82) is 0 Å². The molecule has 1 aromatic rings. The number of hydrogen-bond donors (Lipinski definition) is 1. The zero-order chi connectivity index (χ0) is 13.8. The highest BCUT2D eigenvalue weighted by Gasteiger charge is 2.24. The van der Waals surface area contributed by atoms with Crippen LogP contribution in [0.2, 0.25) is 0 Å². The number of nitrogens with two attached hydrogens (primary N) is 1. The lowest BCUT2D eigenvalue weighted by atomic mass is 9.93. The average molecular weight is 264 g/mol. The summed E-state index contributed by atoms with van der Waals surface area (Å²) in [5, 5.41) is 0. The second kappa shape index (κ2) is 6.38. The Bertz CT molecular complexity index is 411. The first-order valence-electron chi connectivity index (χ1n) is 7.45. The monoisotopic (exact) mass is 264 g/mol. The summed E-state index contributed by atoms with van der Waals surface area (Å²) in [7, 11) is 0. The van der Waals surface area contributed by atoms with Gasteiger partial charge < -0.3 is 10.6 Å². The fraction of sp³-hybridized carbons (Fsp3) is 0.625. The van der Waals surface area contributed by atoms with Crippen LogP contribution >= 0.6 is 0 Å². The van der Waals surface area contributed by atoms with E-state index in [2.05, 4.69) is 11.8 Å². The number of rotatable bonds is 4. The molecule has 19 heavy (non-hydrogen) atoms. The standard InChI is InChI=1S/C16H25FN2/c1-3-19(13-8-5-4-6-9-13)15-11-7-10-14(17)16(15)12(2)18/h7,10-13H,3-6,8-9,18H2,1-2H3/t12-/m0/s1. The van der Waals surface area contributed by atoms with Crippen molar-refractivity contribution in [3.05, 3.63) is 29.6 Å². The number of nitrogens with zero attached hydrogens (tertiary/aromatic N) is 1. The summed E-state index contributed by atoms with van der Waals surface area (Å²) < 4.78 is 14.1. The summed E-state index contributed by atoms with van der Waals surface area (Å²) in [6.45, 7) is 4.91. The zero-order valence-electron chi connectivity index (χ0n) is 12.0. The lowest BCUT2D eigenvalue weighted by Crippen LogP contribution is -2.37. The predicted octanol–water partition coefficient (Wildman–Crippen LogP) is 4.00. The van der Waals surface area contributed by atoms with E-state index in [1.165, 1.54) is 38.2 Å². The van der Waals surface area contributed by atoms with E-state index in [4.69, 9.17) is 5.73 Å². The van der Waals surface area contributed by atoms with Crippen molar-refractivity contribution < 1.29 is 4.39 Å². The molecule has 0 saturated heterocycles. The predicted molar refractivity (Wildman–Crippen MR) is 78.9 cm³/mol. The molecule has 1 aliphatic rings. The molecular formula is C16H25FN2. The van der Waals surface area contributed by atoms with Gasteiger partial charge in [0.25, 0.3) is 0 Å². The van der Waals surface area contributed by atoms with Crippen molar-refractivity contribution in [1.82, 2.24) is 0 Å². The van der Waals surface area contributed by atoms with Crippen molar-refractivity contribution in [2.45, 2.75) is 58.0 Å². The molecule has 0 heterocycles. The summed E-state index contributed by atoms with van der Waals surface area (Å²) in [6.07, 6.45) is 6.32. The van der Waals surface area contributed by atoms with Gasteiger partial charge in [0.15, 0.2) is 0 Å². The molecule has 0 aliphatic heterocycles. The highest BCUT2D eigenvalue weighted by atomic mass is 19.1. The Morgan fingerprint density at radius 1 is 1.32 bits per heavy atom. The van der Waals surface area contributed by atoms with Gasteiger partial charge in [0, 0.05) is 29.9 Å². The summed E-state index contributed by atoms with van der Waals surface area (Å²) in [6, 6.07) is 5.59. The largest absolute Gasteiger partial charge is 0.368 e. The Balaban J connectivity index is 2.34. The Morgan fingerprint density at radius 3 is 2.58 bits per heavy atom. The van der Waals surface area contributed by atoms with E-state index < -0.39 is 0 Å². The number of halogens is 1. The summed E-state index contributed by atoms with van der Waals surface area (Å²) >= 11 is 0. The molecule has 2 nitrogen and oxygen atoms in total. The molecular weight excluding hydrogens is 239 g/mol. The molecule has 0 spiro atoms. The molecule has 2 rings (SSSR count). The van der Waals surface area contributed by atoms with Crippen molar-refractivity contribution in [2.75, 3.05) is 11.4 Å². The second-order valence-electron chi connectivity index (χ2n) is 5.54. The Labute approximate surface area is 115 Å². The van der Waals surface area contributed by atoms with Gasteiger partial charge in [-0.25, -0.2) is 4.39 Å². The average Bonchev–Trinajstić information content (AvgIpc) is 2.40. The fourth-order valence-corrected chi connectivity index (χ4v) is 3.24. The molecule has 0 aromatic heterocycles. The number of anilines is 1. The molecule has 0 radical (unpaired) electrons. The van der Waals surface area contributed by atoms with Gasteiger partial charge in [-0.15, -0.1) is 0 Å². The normalized spacial score (nSPS) is 18.3. The molecule has 1 aliphatic carbocycles. The minimum absolute atomic E-state index is 0.179. The maximum Gasteiger partial charge on any atom is 0.130 e. The van der Waals surface area contributed by atoms with Gasteiger partial charge in [-0.1, -0.05) is 25.3 Å². The van der Waals surface area contributed by atoms with E-state index >= 15 is 0 Å². The second-order valence-corrected chi connectivity index (χ2v) is 5.54. The molecule has 1 fully saturated rings. The quantitative estimate of drug-likeness (QED) is 0.890. The lowest BCUT2D eigenvalue weighted by Gasteiger charge is -2.37. The molecule has 1 saturated carbocycles. The van der Waals surface area contributed by atoms with Gasteiger partial charge in [-0.2, -0.15) is 0 Å². The first-order chi connectivity index (χ1) is 9.15. The van der Waals surface area contributed by atoms with E-state index in [0.29, 0.717) is 11.6 Å². The summed E-state index contributed by atoms with van der Waals surface area (Å²) in [5.74, 6) is -0.179. The highest BCUT2D eigenvalue weighted by Crippen LogP contribution is 2.33. The molecule has 106 valence electrons. The third kappa shape index (κ3) is 3.08. The SMILES string of the molecule is CCN(c1cccc(F)c1[C@H](C)N)C1CCCCC1. The zero-order valence-corrected chi connectivity index (χ0v) is 12.0. The summed E-state index contributed by atoms with van der Waals surface area (Å²) in [4.78, 5) is 2.35. The van der Waals surface area contributed by atoms with Crippen LogP contribution < -0.4 is 10.6 Å². The van der Waals surface area contributed by atoms with Gasteiger partial charge in [-0.05, 0) is 38.8 Å². The van der Waals surface area contributed by atoms with E-state index in [0.717, 1.165) is 12.2 Å². The molecule has 1 aromatic carbocycles. The molecule has 1 atom stereocenters. The molecule has 3 heteroatoms. The third-order valence-corrected chi connectivity index (χ3v) is 4.15. The van der Waals surface area contributed by atoms with Gasteiger partial charge in [-0.3, -0.25) is 0 Å². The maximum absolute atomic E-state index is 14.1. The van der Waals surface area contributed by atoms with Gasteiger partial charge in [0.2, 0.25) is 0 Å². The van der Waals surface area contributed by atoms with Crippen LogP contribution in [0.4, 0.5) is 10.1 Å². The molecule has 0 bridgehead atoms. The van der Waals surface area contributed by atoms with Crippen LogP contribution in [0.15, 0.2) is 18.2 Å². The first-order valence-corrected chi connectivity index (χ1v) is 7.45. The molecule has 0 unspecified atom stereocenters. The molecule has 2 N–H and O–H groups in total. The Kier molecular flexibility index (Phi) is 4.81. The van der Waals surface area contributed by atoms with Crippen molar-refractivity contribution in [2.24, 2.45) is 5.73 Å². The van der Waals surface area contributed by atoms with E-state index in [1.54, 1.807) is 6.07 Å². The van der Waals surface area contributed by atoms with Crippen LogP contribution in [0.25, 0.3) is 0 Å². The van der Waals surface area contributed by atoms with Crippen LogP contribution in [0.5, 0.6) is 0 Å². The first kappa shape index (κ1) is 14.3. The minimum Gasteiger partial charge on any atom is -0.368 e. The van der Waals surface area contributed by atoms with Gasteiger partial charge in [0.05, 0.1) is 0 Å². The van der Waals surface area contributed by atoms with Crippen LogP contribution in [0, 0.1) is 5.82 Å². The van der Waals surface area contributed by atoms with Gasteiger partial charge >= 0.3 is 0 Å².